The van der Waals surface area contributed by atoms with E-state index < -0.39 is 29.5 Å². The maximum absolute atomic E-state index is 11.9. The molecule has 0 radical (unpaired) electrons. The first-order valence-corrected chi connectivity index (χ1v) is 12.0. The topological polar surface area (TPSA) is 192 Å². The molecule has 5 amide bonds. The van der Waals surface area contributed by atoms with E-state index in [-0.39, 0.29) is 64.8 Å². The third kappa shape index (κ3) is 16.5. The van der Waals surface area contributed by atoms with Crippen molar-refractivity contribution >= 4 is 52.4 Å². The van der Waals surface area contributed by atoms with Crippen LogP contribution in [0, 0.1) is 0 Å². The van der Waals surface area contributed by atoms with Crippen LogP contribution in [0.1, 0.15) is 51.9 Å². The van der Waals surface area contributed by atoms with E-state index in [1.165, 1.54) is 6.92 Å². The van der Waals surface area contributed by atoms with Crippen molar-refractivity contribution in [2.75, 3.05) is 39.3 Å². The highest BCUT2D eigenvalue weighted by Crippen LogP contribution is 1.99. The van der Waals surface area contributed by atoms with Crippen LogP contribution in [-0.4, -0.2) is 99.6 Å². The molecule has 0 aromatic carbocycles. The lowest BCUT2D eigenvalue weighted by Gasteiger charge is -2.16. The van der Waals surface area contributed by atoms with Crippen LogP contribution in [0.25, 0.3) is 0 Å². The van der Waals surface area contributed by atoms with Gasteiger partial charge in [0.25, 0.3) is 0 Å². The zero-order valence-corrected chi connectivity index (χ0v) is 21.5. The van der Waals surface area contributed by atoms with Crippen molar-refractivity contribution < 1.29 is 39.6 Å². The zero-order chi connectivity index (χ0) is 25.9. The minimum atomic E-state index is -0.647. The van der Waals surface area contributed by atoms with E-state index in [4.69, 9.17) is 0 Å². The molecule has 0 heterocycles. The van der Waals surface area contributed by atoms with Gasteiger partial charge in [-0.3, -0.25) is 43.1 Å². The molecular formula is C19H35IN6O8. The van der Waals surface area contributed by atoms with E-state index in [2.05, 4.69) is 14.2 Å². The minimum absolute atomic E-state index is 0.0493. The maximum Gasteiger partial charge on any atom is 0.246 e. The van der Waals surface area contributed by atoms with Crippen LogP contribution in [-0.2, 0) is 24.0 Å². The fourth-order valence-corrected chi connectivity index (χ4v) is 2.87. The van der Waals surface area contributed by atoms with Gasteiger partial charge < -0.3 is 10.6 Å². The highest BCUT2D eigenvalue weighted by atomic mass is 127. The molecule has 0 unspecified atom stereocenters. The van der Waals surface area contributed by atoms with Gasteiger partial charge in [-0.2, -0.15) is 0 Å². The molecule has 15 heteroatoms. The van der Waals surface area contributed by atoms with Crippen molar-refractivity contribution in [3.63, 3.8) is 0 Å². The Morgan fingerprint density at radius 2 is 1.03 bits per heavy atom. The lowest BCUT2D eigenvalue weighted by Crippen LogP contribution is -2.34. The van der Waals surface area contributed by atoms with Crippen molar-refractivity contribution in [2.24, 2.45) is 0 Å². The number of hydroxylamine groups is 6. The molecule has 6 N–H and O–H groups in total. The molecule has 0 spiro atoms. The van der Waals surface area contributed by atoms with Gasteiger partial charge in [-0.25, -0.2) is 15.2 Å². The van der Waals surface area contributed by atoms with Gasteiger partial charge in [0.05, 0.1) is 13.1 Å². The van der Waals surface area contributed by atoms with Crippen molar-refractivity contribution in [3.8, 4) is 0 Å². The summed E-state index contributed by atoms with van der Waals surface area (Å²) in [5, 5.41) is 35.2. The summed E-state index contributed by atoms with van der Waals surface area (Å²) in [6, 6.07) is 0. The van der Waals surface area contributed by atoms with Crippen LogP contribution in [0.5, 0.6) is 0 Å². The van der Waals surface area contributed by atoms with Crippen LogP contribution in [0.2, 0.25) is 0 Å². The number of amides is 5. The molecular weight excluding hydrogens is 567 g/mol. The molecule has 0 aliphatic rings. The van der Waals surface area contributed by atoms with Gasteiger partial charge in [-0.05, 0) is 19.3 Å². The second-order valence-electron chi connectivity index (χ2n) is 7.32. The van der Waals surface area contributed by atoms with E-state index in [9.17, 15) is 39.6 Å². The molecule has 0 rings (SSSR count). The number of rotatable bonds is 18. The van der Waals surface area contributed by atoms with Gasteiger partial charge in [0.15, 0.2) is 0 Å². The molecule has 0 aromatic heterocycles. The van der Waals surface area contributed by atoms with E-state index in [0.717, 1.165) is 0 Å². The number of carbonyl (C=O) groups is 5. The van der Waals surface area contributed by atoms with Crippen LogP contribution in [0.3, 0.4) is 0 Å². The quantitative estimate of drug-likeness (QED) is 0.0397. The van der Waals surface area contributed by atoms with Crippen LogP contribution >= 0.6 is 22.9 Å². The average Bonchev–Trinajstić information content (AvgIpc) is 2.80. The summed E-state index contributed by atoms with van der Waals surface area (Å²) >= 11 is 1.96. The number of carbonyl (C=O) groups excluding carboxylic acids is 5. The largest absolute Gasteiger partial charge is 0.356 e. The Kier molecular flexibility index (Phi) is 18.1. The summed E-state index contributed by atoms with van der Waals surface area (Å²) in [5.41, 5.74) is 0. The number of hydrogen-bond acceptors (Lipinski definition) is 9. The lowest BCUT2D eigenvalue weighted by atomic mass is 10.2. The molecule has 0 fully saturated rings. The number of nitrogens with zero attached hydrogens (tertiary/aromatic N) is 3. The fraction of sp³-hybridized carbons (Fsp3) is 0.737. The van der Waals surface area contributed by atoms with E-state index in [0.29, 0.717) is 34.6 Å². The SMILES string of the molecule is CC(=O)N(O)CCCNC(=O)CCC(=O)N(O)CCCNC(=O)CCC(=O)N(O)CCCNI. The van der Waals surface area contributed by atoms with Crippen molar-refractivity contribution in [3.05, 3.63) is 0 Å². The molecule has 14 nitrogen and oxygen atoms in total. The molecule has 196 valence electrons. The Hall–Kier alpha value is -2.08. The Balaban J connectivity index is 3.87. The molecule has 0 saturated heterocycles. The Morgan fingerprint density at radius 3 is 1.41 bits per heavy atom. The monoisotopic (exact) mass is 602 g/mol. The predicted octanol–water partition coefficient (Wildman–Crippen LogP) is -0.438. The summed E-state index contributed by atoms with van der Waals surface area (Å²) in [7, 11) is 0. The summed E-state index contributed by atoms with van der Waals surface area (Å²) < 4.78 is 2.86. The Morgan fingerprint density at radius 1 is 0.647 bits per heavy atom. The molecule has 0 atom stereocenters. The van der Waals surface area contributed by atoms with Gasteiger partial charge in [0.1, 0.15) is 0 Å². The minimum Gasteiger partial charge on any atom is -0.356 e. The zero-order valence-electron chi connectivity index (χ0n) is 19.3. The summed E-state index contributed by atoms with van der Waals surface area (Å²) in [5.74, 6) is -2.49. The van der Waals surface area contributed by atoms with Gasteiger partial charge in [0, 0.05) is 81.7 Å². The normalized spacial score (nSPS) is 10.4. The van der Waals surface area contributed by atoms with Crippen molar-refractivity contribution in [1.82, 2.24) is 29.4 Å². The third-order valence-corrected chi connectivity index (χ3v) is 4.99. The van der Waals surface area contributed by atoms with Crippen LogP contribution in [0.4, 0.5) is 0 Å². The number of hydrogen-bond donors (Lipinski definition) is 6. The second kappa shape index (κ2) is 19.2. The third-order valence-electron chi connectivity index (χ3n) is 4.45. The second-order valence-corrected chi connectivity index (χ2v) is 8.08. The van der Waals surface area contributed by atoms with Crippen molar-refractivity contribution in [2.45, 2.75) is 51.9 Å². The van der Waals surface area contributed by atoms with Crippen LogP contribution < -0.4 is 14.2 Å². The lowest BCUT2D eigenvalue weighted by molar-refractivity contribution is -0.166. The summed E-state index contributed by atoms with van der Waals surface area (Å²) in [4.78, 5) is 57.9. The summed E-state index contributed by atoms with van der Waals surface area (Å²) in [6.45, 7) is 2.43. The fourth-order valence-electron chi connectivity index (χ4n) is 2.49. The first-order chi connectivity index (χ1) is 16.1. The van der Waals surface area contributed by atoms with E-state index in [1.807, 2.05) is 22.9 Å². The smallest absolute Gasteiger partial charge is 0.246 e. The Labute approximate surface area is 212 Å². The van der Waals surface area contributed by atoms with Gasteiger partial charge in [-0.1, -0.05) is 0 Å². The average molecular weight is 602 g/mol. The van der Waals surface area contributed by atoms with E-state index in [1.54, 1.807) is 0 Å². The molecule has 0 saturated carbocycles. The Bertz CT molecular complexity index is 669. The molecule has 0 aromatic rings. The van der Waals surface area contributed by atoms with Gasteiger partial charge in [0.2, 0.25) is 29.5 Å². The van der Waals surface area contributed by atoms with Gasteiger partial charge >= 0.3 is 0 Å². The number of halogens is 1. The van der Waals surface area contributed by atoms with E-state index >= 15 is 0 Å². The molecule has 34 heavy (non-hydrogen) atoms. The first-order valence-electron chi connectivity index (χ1n) is 10.9. The molecule has 0 aliphatic heterocycles. The van der Waals surface area contributed by atoms with Crippen LogP contribution in [0.15, 0.2) is 0 Å². The first kappa shape index (κ1) is 31.9. The highest BCUT2D eigenvalue weighted by Gasteiger charge is 2.15. The predicted molar refractivity (Wildman–Crippen MR) is 127 cm³/mol. The molecule has 0 aliphatic carbocycles. The molecule has 0 bridgehead atoms. The van der Waals surface area contributed by atoms with Crippen molar-refractivity contribution in [1.29, 1.82) is 0 Å². The highest BCUT2D eigenvalue weighted by molar-refractivity contribution is 14.1. The number of nitrogens with one attached hydrogen (secondary N) is 3. The maximum atomic E-state index is 11.9. The summed E-state index contributed by atoms with van der Waals surface area (Å²) in [6.07, 6.45) is 0.608. The van der Waals surface area contributed by atoms with Gasteiger partial charge in [-0.15, -0.1) is 0 Å². The standard InChI is InChI=1S/C19H35IN6O8/c1-15(27)24(32)12-2-9-21-16(28)5-7-18(30)25(33)13-3-10-22-17(29)6-8-19(31)26(34)14-4-11-23-20/h23,32-34H,2-14H2,1H3,(H,21,28)(H,22,29).